The molecule has 1 atom stereocenters. The Morgan fingerprint density at radius 2 is 2.12 bits per heavy atom. The van der Waals surface area contributed by atoms with Crippen LogP contribution in [0.1, 0.15) is 23.8 Å². The van der Waals surface area contributed by atoms with Crippen molar-refractivity contribution < 1.29 is 9.53 Å². The zero-order chi connectivity index (χ0) is 23.1. The van der Waals surface area contributed by atoms with Gasteiger partial charge in [-0.1, -0.05) is 30.8 Å². The van der Waals surface area contributed by atoms with Gasteiger partial charge in [0.1, 0.15) is 11.2 Å². The molecule has 1 N–H and O–H groups in total. The number of fused-ring (bicyclic) bond motifs is 5. The molecule has 3 aromatic heterocycles. The summed E-state index contributed by atoms with van der Waals surface area (Å²) in [5.41, 5.74) is 4.08. The second-order valence-corrected chi connectivity index (χ2v) is 10.9. The number of anilines is 2. The molecule has 2 aliphatic rings. The van der Waals surface area contributed by atoms with Crippen LogP contribution in [0, 0.1) is 5.92 Å². The van der Waals surface area contributed by atoms with E-state index in [0.717, 1.165) is 53.2 Å². The van der Waals surface area contributed by atoms with Gasteiger partial charge in [-0.3, -0.25) is 9.20 Å². The van der Waals surface area contributed by atoms with Gasteiger partial charge in [0.05, 0.1) is 35.7 Å². The molecule has 176 valence electrons. The number of aryl methyl sites for hydroxylation is 1. The van der Waals surface area contributed by atoms with Gasteiger partial charge in [-0.25, -0.2) is 4.98 Å². The molecule has 1 aromatic carbocycles. The van der Waals surface area contributed by atoms with Gasteiger partial charge >= 0.3 is 0 Å². The van der Waals surface area contributed by atoms with Crippen molar-refractivity contribution in [2.24, 2.45) is 5.92 Å². The van der Waals surface area contributed by atoms with Crippen molar-refractivity contribution in [3.63, 3.8) is 0 Å². The maximum absolute atomic E-state index is 12.8. The quantitative estimate of drug-likeness (QED) is 0.419. The number of amides is 1. The summed E-state index contributed by atoms with van der Waals surface area (Å²) in [6.45, 7) is 5.35. The first kappa shape index (κ1) is 21.8. The standard InChI is InChI=1S/C24H26N6O2S2/c1-15-6-7-16-19(12-15)34-23-21(16)22-27-28-24(30(22)14-25-23)33-13-20(31)26-17-4-2-3-5-18(17)29-8-10-32-11-9-29/h2-5,14-15H,6-13H2,1H3,(H,26,31)/t15-/m0/s1. The number of morpholine rings is 1. The molecule has 1 saturated heterocycles. The second kappa shape index (κ2) is 9.16. The van der Waals surface area contributed by atoms with Crippen LogP contribution in [0.3, 0.4) is 0 Å². The first-order valence-corrected chi connectivity index (χ1v) is 13.5. The third kappa shape index (κ3) is 4.03. The number of carbonyl (C=O) groups is 1. The summed E-state index contributed by atoms with van der Waals surface area (Å²) in [6.07, 6.45) is 5.17. The van der Waals surface area contributed by atoms with Crippen molar-refractivity contribution in [1.82, 2.24) is 19.6 Å². The minimum Gasteiger partial charge on any atom is -0.378 e. The van der Waals surface area contributed by atoms with E-state index >= 15 is 0 Å². The van der Waals surface area contributed by atoms with Crippen LogP contribution in [0.25, 0.3) is 15.9 Å². The molecular weight excluding hydrogens is 468 g/mol. The number of para-hydroxylation sites is 2. The third-order valence-electron chi connectivity index (χ3n) is 6.53. The number of aromatic nitrogens is 4. The highest BCUT2D eigenvalue weighted by Gasteiger charge is 2.24. The highest BCUT2D eigenvalue weighted by atomic mass is 32.2. The fourth-order valence-corrected chi connectivity index (χ4v) is 6.84. The van der Waals surface area contributed by atoms with Gasteiger partial charge in [-0.2, -0.15) is 0 Å². The van der Waals surface area contributed by atoms with Crippen molar-refractivity contribution in [2.45, 2.75) is 31.3 Å². The van der Waals surface area contributed by atoms with Crippen molar-refractivity contribution in [3.8, 4) is 0 Å². The zero-order valence-corrected chi connectivity index (χ0v) is 20.6. The fourth-order valence-electron chi connectivity index (χ4n) is 4.79. The summed E-state index contributed by atoms with van der Waals surface area (Å²) < 4.78 is 7.39. The largest absolute Gasteiger partial charge is 0.378 e. The predicted molar refractivity (Wildman–Crippen MR) is 136 cm³/mol. The van der Waals surface area contributed by atoms with Gasteiger partial charge in [0.2, 0.25) is 5.91 Å². The van der Waals surface area contributed by atoms with E-state index in [2.05, 4.69) is 27.3 Å². The van der Waals surface area contributed by atoms with E-state index in [4.69, 9.17) is 9.72 Å². The van der Waals surface area contributed by atoms with Crippen molar-refractivity contribution in [3.05, 3.63) is 41.0 Å². The molecule has 0 saturated carbocycles. The van der Waals surface area contributed by atoms with E-state index in [1.54, 1.807) is 17.7 Å². The molecule has 0 radical (unpaired) electrons. The number of hydrogen-bond acceptors (Lipinski definition) is 8. The van der Waals surface area contributed by atoms with Crippen molar-refractivity contribution in [2.75, 3.05) is 42.3 Å². The second-order valence-electron chi connectivity index (χ2n) is 8.91. The van der Waals surface area contributed by atoms with Gasteiger partial charge in [-0.15, -0.1) is 21.5 Å². The third-order valence-corrected chi connectivity index (χ3v) is 8.64. The Morgan fingerprint density at radius 3 is 3.00 bits per heavy atom. The number of rotatable bonds is 5. The number of thiophene rings is 1. The normalized spacial score (nSPS) is 18.4. The van der Waals surface area contributed by atoms with Crippen LogP contribution in [-0.2, 0) is 22.4 Å². The molecule has 4 heterocycles. The van der Waals surface area contributed by atoms with Gasteiger partial charge in [0, 0.05) is 18.0 Å². The van der Waals surface area contributed by atoms with Crippen LogP contribution in [0.15, 0.2) is 35.7 Å². The molecule has 4 aromatic rings. The van der Waals surface area contributed by atoms with E-state index in [9.17, 15) is 4.79 Å². The molecule has 0 bridgehead atoms. The average molecular weight is 495 g/mol. The number of carbonyl (C=O) groups excluding carboxylic acids is 1. The molecule has 0 unspecified atom stereocenters. The minimum absolute atomic E-state index is 0.0709. The van der Waals surface area contributed by atoms with Crippen LogP contribution in [-0.4, -0.2) is 57.5 Å². The maximum atomic E-state index is 12.8. The number of thioether (sulfide) groups is 1. The lowest BCUT2D eigenvalue weighted by atomic mass is 9.89. The van der Waals surface area contributed by atoms with E-state index < -0.39 is 0 Å². The van der Waals surface area contributed by atoms with Crippen molar-refractivity contribution in [1.29, 1.82) is 0 Å². The first-order chi connectivity index (χ1) is 16.7. The summed E-state index contributed by atoms with van der Waals surface area (Å²) in [4.78, 5) is 22.2. The molecule has 1 aliphatic carbocycles. The van der Waals surface area contributed by atoms with Gasteiger partial charge in [0.25, 0.3) is 0 Å². The molecule has 1 aliphatic heterocycles. The van der Waals surface area contributed by atoms with E-state index in [1.165, 1.54) is 28.6 Å². The van der Waals surface area contributed by atoms with Crippen LogP contribution in [0.5, 0.6) is 0 Å². The van der Waals surface area contributed by atoms with Crippen LogP contribution in [0.4, 0.5) is 11.4 Å². The molecule has 8 nitrogen and oxygen atoms in total. The Labute approximate surface area is 205 Å². The Morgan fingerprint density at radius 1 is 1.26 bits per heavy atom. The topological polar surface area (TPSA) is 84.7 Å². The smallest absolute Gasteiger partial charge is 0.234 e. The Kier molecular flexibility index (Phi) is 5.88. The van der Waals surface area contributed by atoms with Crippen LogP contribution >= 0.6 is 23.1 Å². The molecule has 34 heavy (non-hydrogen) atoms. The molecule has 1 amide bonds. The van der Waals surface area contributed by atoms with Crippen LogP contribution < -0.4 is 10.2 Å². The molecule has 1 fully saturated rings. The Bertz CT molecular complexity index is 1360. The van der Waals surface area contributed by atoms with E-state index in [0.29, 0.717) is 24.3 Å². The Balaban J connectivity index is 1.19. The fraction of sp³-hybridized carbons (Fsp3) is 0.417. The monoisotopic (exact) mass is 494 g/mol. The van der Waals surface area contributed by atoms with E-state index in [1.807, 2.05) is 28.7 Å². The van der Waals surface area contributed by atoms with Gasteiger partial charge in [-0.05, 0) is 42.9 Å². The SMILES string of the molecule is C[C@H]1CCc2c(sc3ncn4c(SCC(=O)Nc5ccccc5N5CCOCC5)nnc4c23)C1. The van der Waals surface area contributed by atoms with Crippen LogP contribution in [0.2, 0.25) is 0 Å². The summed E-state index contributed by atoms with van der Waals surface area (Å²) in [7, 11) is 0. The molecule has 6 rings (SSSR count). The number of benzene rings is 1. The summed E-state index contributed by atoms with van der Waals surface area (Å²) in [6, 6.07) is 7.92. The number of ether oxygens (including phenoxy) is 1. The number of nitrogens with one attached hydrogen (secondary N) is 1. The summed E-state index contributed by atoms with van der Waals surface area (Å²) in [5, 5.41) is 13.8. The zero-order valence-electron chi connectivity index (χ0n) is 19.0. The lowest BCUT2D eigenvalue weighted by molar-refractivity contribution is -0.113. The average Bonchev–Trinajstić information content (AvgIpc) is 3.44. The Hall–Kier alpha value is -2.69. The van der Waals surface area contributed by atoms with E-state index in [-0.39, 0.29) is 11.7 Å². The summed E-state index contributed by atoms with van der Waals surface area (Å²) in [5.74, 6) is 0.890. The highest BCUT2D eigenvalue weighted by Crippen LogP contribution is 2.39. The first-order valence-electron chi connectivity index (χ1n) is 11.7. The molecular formula is C24H26N6O2S2. The van der Waals surface area contributed by atoms with Crippen molar-refractivity contribution >= 4 is 56.2 Å². The number of hydrogen-bond donors (Lipinski definition) is 1. The molecule has 10 heteroatoms. The maximum Gasteiger partial charge on any atom is 0.234 e. The minimum atomic E-state index is -0.0709. The predicted octanol–water partition coefficient (Wildman–Crippen LogP) is 4.03. The highest BCUT2D eigenvalue weighted by molar-refractivity contribution is 7.99. The van der Waals surface area contributed by atoms with Gasteiger partial charge < -0.3 is 15.0 Å². The molecule has 0 spiro atoms. The number of nitrogens with zero attached hydrogens (tertiary/aromatic N) is 5. The lowest BCUT2D eigenvalue weighted by Crippen LogP contribution is -2.36. The summed E-state index contributed by atoms with van der Waals surface area (Å²) >= 11 is 3.17. The van der Waals surface area contributed by atoms with Gasteiger partial charge in [0.15, 0.2) is 10.8 Å². The lowest BCUT2D eigenvalue weighted by Gasteiger charge is -2.30.